The highest BCUT2D eigenvalue weighted by atomic mass is 19.1. The Morgan fingerprint density at radius 2 is 1.47 bits per heavy atom. The average molecular weight is 281 g/mol. The summed E-state index contributed by atoms with van der Waals surface area (Å²) in [6.07, 6.45) is -1.36. The van der Waals surface area contributed by atoms with E-state index >= 15 is 0 Å². The number of hydrogen-bond donors (Lipinski definition) is 3. The first-order chi connectivity index (χ1) is 9.16. The zero-order valence-corrected chi connectivity index (χ0v) is 10.7. The number of nitrogens with one attached hydrogen (secondary N) is 2. The summed E-state index contributed by atoms with van der Waals surface area (Å²) in [4.78, 5) is 20.6. The van der Waals surface area contributed by atoms with Crippen LogP contribution in [0.5, 0.6) is 0 Å². The molecule has 0 fully saturated rings. The number of rotatable bonds is 12. The van der Waals surface area contributed by atoms with Crippen LogP contribution in [0.4, 0.5) is 9.18 Å². The minimum Gasteiger partial charge on any atom is -0.379 e. The molecule has 0 rings (SSSR count). The summed E-state index contributed by atoms with van der Waals surface area (Å²) in [5.41, 5.74) is 1.99. The largest absolute Gasteiger partial charge is 0.397 e. The first kappa shape index (κ1) is 17.7. The monoisotopic (exact) mass is 281 g/mol. The Morgan fingerprint density at radius 1 is 0.947 bits per heavy atom. The van der Waals surface area contributed by atoms with Gasteiger partial charge in [-0.15, -0.1) is 4.39 Å². The van der Waals surface area contributed by atoms with E-state index in [0.717, 1.165) is 0 Å². The van der Waals surface area contributed by atoms with Gasteiger partial charge in [-0.3, -0.25) is 10.2 Å². The summed E-state index contributed by atoms with van der Waals surface area (Å²) in [5, 5.41) is 1.95. The Kier molecular flexibility index (Phi) is 12.3. The number of hydrogen-bond acceptors (Lipinski definition) is 6. The lowest BCUT2D eigenvalue weighted by Crippen LogP contribution is -2.30. The molecule has 0 atom stereocenters. The maximum absolute atomic E-state index is 11.7. The van der Waals surface area contributed by atoms with E-state index in [1.165, 1.54) is 0 Å². The smallest absolute Gasteiger partial charge is 0.379 e. The maximum atomic E-state index is 11.7. The third-order valence-electron chi connectivity index (χ3n) is 1.89. The number of carbonyl (C=O) groups is 2. The van der Waals surface area contributed by atoms with Gasteiger partial charge < -0.3 is 19.5 Å². The Hall–Kier alpha value is -1.29. The fourth-order valence-electron chi connectivity index (χ4n) is 1.00. The number of halogens is 1. The Morgan fingerprint density at radius 3 is 2.00 bits per heavy atom. The zero-order valence-electron chi connectivity index (χ0n) is 10.7. The molecular formula is C10H20FN3O5. The number of carbonyl (C=O) groups excluding carboxylic acids is 2. The van der Waals surface area contributed by atoms with Gasteiger partial charge >= 0.3 is 6.16 Å². The van der Waals surface area contributed by atoms with Crippen molar-refractivity contribution in [3.63, 3.8) is 0 Å². The van der Waals surface area contributed by atoms with Crippen LogP contribution < -0.4 is 16.6 Å². The number of nitrogens with two attached hydrogens (primary N) is 1. The van der Waals surface area contributed by atoms with E-state index in [4.69, 9.17) is 20.1 Å². The van der Waals surface area contributed by atoms with Crippen molar-refractivity contribution < 1.29 is 28.2 Å². The van der Waals surface area contributed by atoms with Crippen LogP contribution in [-0.2, 0) is 19.0 Å². The van der Waals surface area contributed by atoms with Crippen LogP contribution in [0.2, 0.25) is 0 Å². The summed E-state index contributed by atoms with van der Waals surface area (Å²) in [6, 6.07) is 0. The van der Waals surface area contributed by atoms with Gasteiger partial charge in [0.25, 0.3) is 0 Å². The SMILES string of the molecule is NNC(=O)CCOCCOCCOCCNC(=O)F. The van der Waals surface area contributed by atoms with Crippen molar-refractivity contribution in [3.05, 3.63) is 0 Å². The van der Waals surface area contributed by atoms with Crippen LogP contribution in [0.15, 0.2) is 0 Å². The molecule has 9 heteroatoms. The summed E-state index contributed by atoms with van der Waals surface area (Å²) >= 11 is 0. The van der Waals surface area contributed by atoms with Crippen LogP contribution in [-0.4, -0.2) is 58.3 Å². The van der Waals surface area contributed by atoms with Gasteiger partial charge in [-0.2, -0.15) is 0 Å². The van der Waals surface area contributed by atoms with Crippen molar-refractivity contribution in [2.24, 2.45) is 5.84 Å². The number of amides is 2. The van der Waals surface area contributed by atoms with Gasteiger partial charge in [-0.1, -0.05) is 0 Å². The fourth-order valence-corrected chi connectivity index (χ4v) is 1.00. The Balaban J connectivity index is 3.03. The van der Waals surface area contributed by atoms with E-state index in [0.29, 0.717) is 26.4 Å². The predicted molar refractivity (Wildman–Crippen MR) is 63.9 cm³/mol. The first-order valence-corrected chi connectivity index (χ1v) is 5.83. The summed E-state index contributed by atoms with van der Waals surface area (Å²) in [5.74, 6) is 4.60. The molecule has 0 aliphatic rings. The third kappa shape index (κ3) is 14.7. The van der Waals surface area contributed by atoms with E-state index in [1.54, 1.807) is 0 Å². The normalized spacial score (nSPS) is 10.2. The molecule has 0 aromatic heterocycles. The van der Waals surface area contributed by atoms with Crippen molar-refractivity contribution in [2.75, 3.05) is 46.2 Å². The third-order valence-corrected chi connectivity index (χ3v) is 1.89. The molecular weight excluding hydrogens is 261 g/mol. The standard InChI is InChI=1S/C10H20FN3O5/c11-10(16)13-2-4-18-6-8-19-7-5-17-3-1-9(15)14-12/h1-8,12H2,(H,13,16)(H,14,15). The van der Waals surface area contributed by atoms with Crippen LogP contribution in [0.25, 0.3) is 0 Å². The molecule has 0 bridgehead atoms. The molecule has 0 heterocycles. The highest BCUT2D eigenvalue weighted by Crippen LogP contribution is 1.84. The first-order valence-electron chi connectivity index (χ1n) is 5.83. The molecule has 19 heavy (non-hydrogen) atoms. The molecule has 0 saturated heterocycles. The molecule has 0 aliphatic carbocycles. The van der Waals surface area contributed by atoms with Crippen LogP contribution >= 0.6 is 0 Å². The number of hydrazine groups is 1. The minimum atomic E-state index is -1.57. The molecule has 0 radical (unpaired) electrons. The highest BCUT2D eigenvalue weighted by molar-refractivity contribution is 5.75. The van der Waals surface area contributed by atoms with Gasteiger partial charge in [0.1, 0.15) is 0 Å². The molecule has 2 amide bonds. The van der Waals surface area contributed by atoms with Crippen molar-refractivity contribution in [1.82, 2.24) is 10.7 Å². The lowest BCUT2D eigenvalue weighted by molar-refractivity contribution is -0.122. The van der Waals surface area contributed by atoms with Gasteiger partial charge in [0.15, 0.2) is 0 Å². The van der Waals surface area contributed by atoms with Gasteiger partial charge in [-0.05, 0) is 0 Å². The summed E-state index contributed by atoms with van der Waals surface area (Å²) in [7, 11) is 0. The summed E-state index contributed by atoms with van der Waals surface area (Å²) < 4.78 is 27.0. The van der Waals surface area contributed by atoms with E-state index in [9.17, 15) is 14.0 Å². The van der Waals surface area contributed by atoms with Crippen LogP contribution in [0.3, 0.4) is 0 Å². The quantitative estimate of drug-likeness (QED) is 0.107. The molecule has 0 spiro atoms. The molecule has 4 N–H and O–H groups in total. The topological polar surface area (TPSA) is 112 Å². The molecule has 0 aliphatic heterocycles. The highest BCUT2D eigenvalue weighted by Gasteiger charge is 1.97. The van der Waals surface area contributed by atoms with Crippen molar-refractivity contribution in [2.45, 2.75) is 6.42 Å². The second-order valence-electron chi connectivity index (χ2n) is 3.36. The predicted octanol–water partition coefficient (Wildman–Crippen LogP) is -0.905. The van der Waals surface area contributed by atoms with E-state index in [-0.39, 0.29) is 32.1 Å². The lowest BCUT2D eigenvalue weighted by atomic mass is 10.4. The molecule has 112 valence electrons. The maximum Gasteiger partial charge on any atom is 0.397 e. The molecule has 0 aromatic carbocycles. The zero-order chi connectivity index (χ0) is 14.3. The van der Waals surface area contributed by atoms with E-state index in [1.807, 2.05) is 10.7 Å². The van der Waals surface area contributed by atoms with Crippen molar-refractivity contribution >= 4 is 12.1 Å². The molecule has 8 nitrogen and oxygen atoms in total. The Bertz CT molecular complexity index is 255. The van der Waals surface area contributed by atoms with E-state index in [2.05, 4.69) is 0 Å². The minimum absolute atomic E-state index is 0.127. The van der Waals surface area contributed by atoms with Gasteiger partial charge in [0.05, 0.1) is 46.1 Å². The summed E-state index contributed by atoms with van der Waals surface area (Å²) in [6.45, 7) is 2.11. The lowest BCUT2D eigenvalue weighted by Gasteiger charge is -2.06. The second-order valence-corrected chi connectivity index (χ2v) is 3.36. The molecule has 0 saturated carbocycles. The van der Waals surface area contributed by atoms with Crippen molar-refractivity contribution in [1.29, 1.82) is 0 Å². The van der Waals surface area contributed by atoms with Gasteiger partial charge in [0, 0.05) is 6.54 Å². The average Bonchev–Trinajstić information content (AvgIpc) is 2.39. The van der Waals surface area contributed by atoms with Gasteiger partial charge in [0.2, 0.25) is 5.91 Å². The Labute approximate surface area is 110 Å². The van der Waals surface area contributed by atoms with Crippen LogP contribution in [0.1, 0.15) is 6.42 Å². The van der Waals surface area contributed by atoms with Gasteiger partial charge in [-0.25, -0.2) is 10.6 Å². The molecule has 0 unspecified atom stereocenters. The van der Waals surface area contributed by atoms with Crippen molar-refractivity contribution in [3.8, 4) is 0 Å². The fraction of sp³-hybridized carbons (Fsp3) is 0.800. The second kappa shape index (κ2) is 13.1. The number of ether oxygens (including phenoxy) is 3. The van der Waals surface area contributed by atoms with Crippen LogP contribution in [0, 0.1) is 0 Å². The molecule has 0 aromatic rings. The van der Waals surface area contributed by atoms with E-state index < -0.39 is 6.16 Å².